The summed E-state index contributed by atoms with van der Waals surface area (Å²) in [6.45, 7) is 11.2. The number of nitrogens with one attached hydrogen (secondary N) is 2. The molecule has 128 valence electrons. The van der Waals surface area contributed by atoms with E-state index in [0.717, 1.165) is 25.8 Å². The van der Waals surface area contributed by atoms with Crippen LogP contribution in [0.3, 0.4) is 0 Å². The summed E-state index contributed by atoms with van der Waals surface area (Å²) in [6.07, 6.45) is 2.91. The maximum atomic E-state index is 11.9. The number of carbonyl (C=O) groups excluding carboxylic acids is 1. The van der Waals surface area contributed by atoms with Crippen LogP contribution in [0.25, 0.3) is 0 Å². The third-order valence-electron chi connectivity index (χ3n) is 3.38. The Kier molecular flexibility index (Phi) is 6.97. The van der Waals surface area contributed by atoms with E-state index in [1.807, 2.05) is 20.8 Å². The normalized spacial score (nSPS) is 17.3. The van der Waals surface area contributed by atoms with E-state index in [2.05, 4.69) is 29.5 Å². The summed E-state index contributed by atoms with van der Waals surface area (Å²) in [7, 11) is 0. The van der Waals surface area contributed by atoms with E-state index in [0.29, 0.717) is 24.3 Å². The number of guanidine groups is 1. The number of carbonyl (C=O) groups is 1. The van der Waals surface area contributed by atoms with Crippen molar-refractivity contribution in [3.05, 3.63) is 0 Å². The van der Waals surface area contributed by atoms with Gasteiger partial charge in [-0.2, -0.15) is 0 Å². The molecule has 0 saturated heterocycles. The average molecular weight is 312 g/mol. The molecule has 0 aromatic heterocycles. The molecule has 1 saturated carbocycles. The van der Waals surface area contributed by atoms with E-state index in [9.17, 15) is 4.79 Å². The Hall–Kier alpha value is -1.46. The van der Waals surface area contributed by atoms with Crippen LogP contribution in [0.2, 0.25) is 0 Å². The summed E-state index contributed by atoms with van der Waals surface area (Å²) in [5, 5.41) is 6.02. The Bertz CT molecular complexity index is 384. The van der Waals surface area contributed by atoms with Crippen molar-refractivity contribution in [3.63, 3.8) is 0 Å². The van der Waals surface area contributed by atoms with Crippen LogP contribution in [-0.4, -0.2) is 36.8 Å². The van der Waals surface area contributed by atoms with E-state index in [1.165, 1.54) is 0 Å². The summed E-state index contributed by atoms with van der Waals surface area (Å²) >= 11 is 0. The molecule has 1 unspecified atom stereocenters. The van der Waals surface area contributed by atoms with Gasteiger partial charge >= 0.3 is 6.09 Å². The summed E-state index contributed by atoms with van der Waals surface area (Å²) in [4.78, 5) is 16.2. The van der Waals surface area contributed by atoms with Gasteiger partial charge in [-0.3, -0.25) is 4.99 Å². The van der Waals surface area contributed by atoms with Crippen LogP contribution in [0.5, 0.6) is 0 Å². The number of rotatable bonds is 7. The van der Waals surface area contributed by atoms with Crippen LogP contribution >= 0.6 is 0 Å². The molecule has 0 heterocycles. The first-order chi connectivity index (χ1) is 10.2. The largest absolute Gasteiger partial charge is 0.444 e. The summed E-state index contributed by atoms with van der Waals surface area (Å²) in [5.41, 5.74) is 5.37. The summed E-state index contributed by atoms with van der Waals surface area (Å²) in [5.74, 6) is 1.56. The van der Waals surface area contributed by atoms with Crippen molar-refractivity contribution in [1.29, 1.82) is 0 Å². The van der Waals surface area contributed by atoms with Gasteiger partial charge in [-0.1, -0.05) is 13.8 Å². The number of nitrogens with two attached hydrogens (primary N) is 1. The maximum absolute atomic E-state index is 11.9. The first kappa shape index (κ1) is 18.6. The number of ether oxygens (including phenoxy) is 1. The molecule has 0 aliphatic heterocycles. The third kappa shape index (κ3) is 8.74. The van der Waals surface area contributed by atoms with Gasteiger partial charge in [-0.15, -0.1) is 0 Å². The average Bonchev–Trinajstić information content (AvgIpc) is 3.15. The molecule has 0 aromatic carbocycles. The highest BCUT2D eigenvalue weighted by atomic mass is 16.6. The molecule has 0 aromatic rings. The van der Waals surface area contributed by atoms with Crippen molar-refractivity contribution >= 4 is 12.1 Å². The Morgan fingerprint density at radius 2 is 2.00 bits per heavy atom. The number of alkyl carbamates (subject to hydrolysis) is 1. The zero-order valence-corrected chi connectivity index (χ0v) is 14.6. The van der Waals surface area contributed by atoms with E-state index in [1.54, 1.807) is 0 Å². The van der Waals surface area contributed by atoms with E-state index in [-0.39, 0.29) is 12.1 Å². The van der Waals surface area contributed by atoms with Crippen LogP contribution in [0.15, 0.2) is 4.99 Å². The van der Waals surface area contributed by atoms with Gasteiger partial charge in [-0.25, -0.2) is 4.79 Å². The molecule has 1 rings (SSSR count). The van der Waals surface area contributed by atoms with Gasteiger partial charge in [-0.05, 0) is 51.9 Å². The molecule has 4 N–H and O–H groups in total. The Balaban J connectivity index is 2.39. The number of hydrogen-bond donors (Lipinski definition) is 3. The van der Waals surface area contributed by atoms with Crippen LogP contribution < -0.4 is 16.4 Å². The Labute approximate surface area is 134 Å². The molecule has 1 fully saturated rings. The van der Waals surface area contributed by atoms with Crippen molar-refractivity contribution in [2.45, 2.75) is 65.5 Å². The molecular weight excluding hydrogens is 280 g/mol. The monoisotopic (exact) mass is 312 g/mol. The fourth-order valence-corrected chi connectivity index (χ4v) is 2.01. The molecule has 0 bridgehead atoms. The molecular formula is C16H32N4O2. The third-order valence-corrected chi connectivity index (χ3v) is 3.38. The van der Waals surface area contributed by atoms with Crippen molar-refractivity contribution in [2.75, 3.05) is 13.1 Å². The van der Waals surface area contributed by atoms with Crippen LogP contribution in [0, 0.1) is 11.8 Å². The van der Waals surface area contributed by atoms with Gasteiger partial charge in [0.15, 0.2) is 5.96 Å². The smallest absolute Gasteiger partial charge is 0.407 e. The predicted molar refractivity (Wildman–Crippen MR) is 89.8 cm³/mol. The van der Waals surface area contributed by atoms with Crippen molar-refractivity contribution < 1.29 is 9.53 Å². The molecule has 6 nitrogen and oxygen atoms in total. The van der Waals surface area contributed by atoms with Gasteiger partial charge in [0.25, 0.3) is 0 Å². The minimum absolute atomic E-state index is 0.000277. The Morgan fingerprint density at radius 1 is 1.36 bits per heavy atom. The zero-order chi connectivity index (χ0) is 16.8. The fourth-order valence-electron chi connectivity index (χ4n) is 2.01. The topological polar surface area (TPSA) is 88.7 Å². The van der Waals surface area contributed by atoms with Crippen molar-refractivity contribution in [1.82, 2.24) is 10.6 Å². The molecule has 1 aliphatic carbocycles. The van der Waals surface area contributed by atoms with Crippen LogP contribution in [0.4, 0.5) is 4.79 Å². The number of hydrogen-bond acceptors (Lipinski definition) is 3. The minimum atomic E-state index is -0.487. The van der Waals surface area contributed by atoms with E-state index < -0.39 is 5.60 Å². The molecule has 1 aliphatic rings. The highest BCUT2D eigenvalue weighted by Gasteiger charge is 2.33. The number of amides is 1. The summed E-state index contributed by atoms with van der Waals surface area (Å²) < 4.78 is 5.30. The van der Waals surface area contributed by atoms with E-state index >= 15 is 0 Å². The molecule has 0 spiro atoms. The molecule has 0 radical (unpaired) electrons. The first-order valence-corrected chi connectivity index (χ1v) is 8.20. The number of nitrogens with zero attached hydrogens (tertiary/aromatic N) is 1. The molecule has 1 amide bonds. The highest BCUT2D eigenvalue weighted by Crippen LogP contribution is 2.32. The SMILES string of the molecule is CC(C)CCNC(N)=NCC(NC(=O)OC(C)(C)C)C1CC1. The van der Waals surface area contributed by atoms with Gasteiger partial charge in [0.2, 0.25) is 0 Å². The highest BCUT2D eigenvalue weighted by molar-refractivity contribution is 5.77. The lowest BCUT2D eigenvalue weighted by Gasteiger charge is -2.23. The fraction of sp³-hybridized carbons (Fsp3) is 0.875. The van der Waals surface area contributed by atoms with E-state index in [4.69, 9.17) is 10.5 Å². The summed E-state index contributed by atoms with van der Waals surface area (Å²) in [6, 6.07) is 0.000277. The first-order valence-electron chi connectivity index (χ1n) is 8.20. The van der Waals surface area contributed by atoms with Gasteiger partial charge in [0.1, 0.15) is 5.60 Å². The standard InChI is InChI=1S/C16H32N4O2/c1-11(2)8-9-18-14(17)19-10-13(12-6-7-12)20-15(21)22-16(3,4)5/h11-13H,6-10H2,1-5H3,(H,20,21)(H3,17,18,19). The van der Waals surface area contributed by atoms with Gasteiger partial charge in [0.05, 0.1) is 12.6 Å². The quantitative estimate of drug-likeness (QED) is 0.497. The predicted octanol–water partition coefficient (Wildman–Crippen LogP) is 2.24. The van der Waals surface area contributed by atoms with Crippen LogP contribution in [0.1, 0.15) is 53.9 Å². The van der Waals surface area contributed by atoms with Crippen molar-refractivity contribution in [3.8, 4) is 0 Å². The molecule has 6 heteroatoms. The Morgan fingerprint density at radius 3 is 2.50 bits per heavy atom. The number of aliphatic imine (C=N–C) groups is 1. The van der Waals surface area contributed by atoms with Gasteiger partial charge in [0, 0.05) is 6.54 Å². The lowest BCUT2D eigenvalue weighted by molar-refractivity contribution is 0.0500. The van der Waals surface area contributed by atoms with Crippen LogP contribution in [-0.2, 0) is 4.74 Å². The molecule has 22 heavy (non-hydrogen) atoms. The van der Waals surface area contributed by atoms with Gasteiger partial charge < -0.3 is 21.1 Å². The minimum Gasteiger partial charge on any atom is -0.444 e. The second-order valence-corrected chi connectivity index (χ2v) is 7.43. The van der Waals surface area contributed by atoms with Crippen molar-refractivity contribution in [2.24, 2.45) is 22.6 Å². The maximum Gasteiger partial charge on any atom is 0.407 e. The second-order valence-electron chi connectivity index (χ2n) is 7.43. The lowest BCUT2D eigenvalue weighted by Crippen LogP contribution is -2.43. The zero-order valence-electron chi connectivity index (χ0n) is 14.6. The lowest BCUT2D eigenvalue weighted by atomic mass is 10.1. The molecule has 1 atom stereocenters. The second kappa shape index (κ2) is 8.25.